The van der Waals surface area contributed by atoms with E-state index in [0.717, 1.165) is 41.5 Å². The first-order valence-electron chi connectivity index (χ1n) is 6.29. The van der Waals surface area contributed by atoms with Crippen LogP contribution in [0.25, 0.3) is 21.9 Å². The third-order valence-corrected chi connectivity index (χ3v) is 3.23. The molecule has 0 aliphatic rings. The van der Waals surface area contributed by atoms with Crippen molar-refractivity contribution in [3.8, 4) is 0 Å². The van der Waals surface area contributed by atoms with E-state index in [4.69, 9.17) is 10.5 Å². The summed E-state index contributed by atoms with van der Waals surface area (Å²) in [5, 5.41) is 1.08. The Hall–Kier alpha value is -2.14. The first kappa shape index (κ1) is 11.9. The zero-order valence-electron chi connectivity index (χ0n) is 10.8. The number of methoxy groups -OCH3 is 1. The van der Waals surface area contributed by atoms with Gasteiger partial charge in [-0.3, -0.25) is 0 Å². The van der Waals surface area contributed by atoms with E-state index in [1.54, 1.807) is 7.11 Å². The van der Waals surface area contributed by atoms with Gasteiger partial charge in [-0.05, 0) is 12.5 Å². The van der Waals surface area contributed by atoms with Crippen LogP contribution >= 0.6 is 0 Å². The van der Waals surface area contributed by atoms with Crippen LogP contribution in [0.1, 0.15) is 6.42 Å². The molecule has 2 aromatic heterocycles. The molecule has 0 aliphatic heterocycles. The molecule has 19 heavy (non-hydrogen) atoms. The van der Waals surface area contributed by atoms with Gasteiger partial charge >= 0.3 is 0 Å². The minimum Gasteiger partial charge on any atom is -0.385 e. The summed E-state index contributed by atoms with van der Waals surface area (Å²) in [4.78, 5) is 8.77. The largest absolute Gasteiger partial charge is 0.385 e. The van der Waals surface area contributed by atoms with Crippen molar-refractivity contribution in [1.29, 1.82) is 0 Å². The second-order valence-electron chi connectivity index (χ2n) is 4.50. The van der Waals surface area contributed by atoms with Gasteiger partial charge in [0.2, 0.25) is 0 Å². The molecule has 0 saturated heterocycles. The monoisotopic (exact) mass is 256 g/mol. The summed E-state index contributed by atoms with van der Waals surface area (Å²) >= 11 is 0. The summed E-state index contributed by atoms with van der Waals surface area (Å²) in [5.74, 6) is 0.485. The van der Waals surface area contributed by atoms with Crippen LogP contribution in [0.5, 0.6) is 0 Å². The molecule has 0 fully saturated rings. The topological polar surface area (TPSA) is 66.0 Å². The Morgan fingerprint density at radius 1 is 1.32 bits per heavy atom. The molecule has 0 atom stereocenters. The number of hydrogen-bond acceptors (Lipinski definition) is 4. The smallest absolute Gasteiger partial charge is 0.152 e. The number of nitrogens with two attached hydrogens (primary N) is 1. The van der Waals surface area contributed by atoms with Gasteiger partial charge in [0.1, 0.15) is 5.52 Å². The number of nitrogen functional groups attached to an aromatic ring is 1. The molecule has 0 bridgehead atoms. The molecular formula is C14H16N4O. The molecule has 2 heterocycles. The second-order valence-corrected chi connectivity index (χ2v) is 4.50. The lowest BCUT2D eigenvalue weighted by molar-refractivity contribution is 0.190. The molecule has 0 amide bonds. The van der Waals surface area contributed by atoms with Crippen LogP contribution in [-0.4, -0.2) is 28.3 Å². The number of para-hydroxylation sites is 1. The summed E-state index contributed by atoms with van der Waals surface area (Å²) < 4.78 is 7.21. The molecule has 2 N–H and O–H groups in total. The molecule has 98 valence electrons. The van der Waals surface area contributed by atoms with Crippen LogP contribution in [0.2, 0.25) is 0 Å². The van der Waals surface area contributed by atoms with E-state index in [-0.39, 0.29) is 0 Å². The van der Waals surface area contributed by atoms with Gasteiger partial charge in [0.15, 0.2) is 5.82 Å². The predicted octanol–water partition coefficient (Wildman–Crippen LogP) is 2.20. The zero-order chi connectivity index (χ0) is 13.2. The average Bonchev–Trinajstić information content (AvgIpc) is 2.84. The van der Waals surface area contributed by atoms with E-state index in [1.807, 2.05) is 24.5 Å². The molecule has 0 saturated carbocycles. The van der Waals surface area contributed by atoms with Crippen molar-refractivity contribution in [2.24, 2.45) is 0 Å². The number of rotatable bonds is 4. The minimum absolute atomic E-state index is 0.485. The zero-order valence-corrected chi connectivity index (χ0v) is 10.8. The van der Waals surface area contributed by atoms with Gasteiger partial charge in [0.25, 0.3) is 0 Å². The Kier molecular flexibility index (Phi) is 3.05. The summed E-state index contributed by atoms with van der Waals surface area (Å²) in [7, 11) is 1.71. The highest BCUT2D eigenvalue weighted by Crippen LogP contribution is 2.26. The number of aryl methyl sites for hydroxylation is 1. The van der Waals surface area contributed by atoms with Crippen LogP contribution in [0, 0.1) is 0 Å². The number of fused-ring (bicyclic) bond motifs is 3. The summed E-state index contributed by atoms with van der Waals surface area (Å²) in [6.45, 7) is 1.59. The van der Waals surface area contributed by atoms with E-state index >= 15 is 0 Å². The molecule has 5 nitrogen and oxygen atoms in total. The van der Waals surface area contributed by atoms with E-state index < -0.39 is 0 Å². The average molecular weight is 256 g/mol. The molecule has 3 aromatic rings. The van der Waals surface area contributed by atoms with Crippen molar-refractivity contribution in [2.75, 3.05) is 19.5 Å². The normalized spacial score (nSPS) is 11.4. The lowest BCUT2D eigenvalue weighted by Gasteiger charge is -2.07. The Labute approximate surface area is 111 Å². The molecule has 1 aromatic carbocycles. The van der Waals surface area contributed by atoms with E-state index in [0.29, 0.717) is 5.82 Å². The SMILES string of the molecule is COCCCn1cnc2c(N)nc3ccccc3c21. The molecular weight excluding hydrogens is 240 g/mol. The number of nitrogens with zero attached hydrogens (tertiary/aromatic N) is 3. The summed E-state index contributed by atoms with van der Waals surface area (Å²) in [6, 6.07) is 7.99. The van der Waals surface area contributed by atoms with Gasteiger partial charge in [0.05, 0.1) is 17.4 Å². The maximum atomic E-state index is 5.98. The Bertz CT molecular complexity index is 720. The number of imidazole rings is 1. The number of benzene rings is 1. The van der Waals surface area contributed by atoms with Crippen molar-refractivity contribution < 1.29 is 4.74 Å². The van der Waals surface area contributed by atoms with E-state index in [1.165, 1.54) is 0 Å². The van der Waals surface area contributed by atoms with Gasteiger partial charge in [-0.15, -0.1) is 0 Å². The van der Waals surface area contributed by atoms with Crippen molar-refractivity contribution in [3.63, 3.8) is 0 Å². The van der Waals surface area contributed by atoms with Crippen LogP contribution in [-0.2, 0) is 11.3 Å². The van der Waals surface area contributed by atoms with Gasteiger partial charge in [-0.1, -0.05) is 18.2 Å². The maximum absolute atomic E-state index is 5.98. The van der Waals surface area contributed by atoms with Crippen LogP contribution < -0.4 is 5.73 Å². The molecule has 0 spiro atoms. The number of hydrogen-bond donors (Lipinski definition) is 1. The highest BCUT2D eigenvalue weighted by molar-refractivity contribution is 6.06. The number of ether oxygens (including phenoxy) is 1. The fourth-order valence-corrected chi connectivity index (χ4v) is 2.35. The number of aromatic nitrogens is 3. The van der Waals surface area contributed by atoms with Gasteiger partial charge in [-0.25, -0.2) is 9.97 Å². The lowest BCUT2D eigenvalue weighted by atomic mass is 10.2. The molecule has 0 unspecified atom stereocenters. The van der Waals surface area contributed by atoms with Crippen molar-refractivity contribution >= 4 is 27.8 Å². The second kappa shape index (κ2) is 4.85. The van der Waals surface area contributed by atoms with Gasteiger partial charge in [-0.2, -0.15) is 0 Å². The maximum Gasteiger partial charge on any atom is 0.152 e. The third-order valence-electron chi connectivity index (χ3n) is 3.23. The predicted molar refractivity (Wildman–Crippen MR) is 75.9 cm³/mol. The Morgan fingerprint density at radius 3 is 3.00 bits per heavy atom. The first-order chi connectivity index (χ1) is 9.31. The van der Waals surface area contributed by atoms with E-state index in [2.05, 4.69) is 20.6 Å². The number of pyridine rings is 1. The lowest BCUT2D eigenvalue weighted by Crippen LogP contribution is -2.01. The van der Waals surface area contributed by atoms with Crippen molar-refractivity contribution in [1.82, 2.24) is 14.5 Å². The highest BCUT2D eigenvalue weighted by atomic mass is 16.5. The first-order valence-corrected chi connectivity index (χ1v) is 6.29. The van der Waals surface area contributed by atoms with Gasteiger partial charge < -0.3 is 15.0 Å². The Balaban J connectivity index is 2.18. The Morgan fingerprint density at radius 2 is 2.16 bits per heavy atom. The van der Waals surface area contributed by atoms with E-state index in [9.17, 15) is 0 Å². The number of anilines is 1. The van der Waals surface area contributed by atoms with Crippen LogP contribution in [0.4, 0.5) is 5.82 Å². The molecule has 5 heteroatoms. The molecule has 3 rings (SSSR count). The van der Waals surface area contributed by atoms with Crippen molar-refractivity contribution in [3.05, 3.63) is 30.6 Å². The van der Waals surface area contributed by atoms with Crippen LogP contribution in [0.3, 0.4) is 0 Å². The summed E-state index contributed by atoms with van der Waals surface area (Å²) in [6.07, 6.45) is 2.77. The molecule has 0 aliphatic carbocycles. The fourth-order valence-electron chi connectivity index (χ4n) is 2.35. The highest BCUT2D eigenvalue weighted by Gasteiger charge is 2.11. The standard InChI is InChI=1S/C14H16N4O/c1-19-8-4-7-18-9-16-12-13(18)10-5-2-3-6-11(10)17-14(12)15/h2-3,5-6,9H,4,7-8H2,1H3,(H2,15,17). The fraction of sp³-hybridized carbons (Fsp3) is 0.286. The molecule has 0 radical (unpaired) electrons. The quantitative estimate of drug-likeness (QED) is 0.727. The minimum atomic E-state index is 0.485. The third kappa shape index (κ3) is 2.02. The van der Waals surface area contributed by atoms with Crippen molar-refractivity contribution in [2.45, 2.75) is 13.0 Å². The van der Waals surface area contributed by atoms with Crippen LogP contribution in [0.15, 0.2) is 30.6 Å². The van der Waals surface area contributed by atoms with Gasteiger partial charge in [0, 0.05) is 25.6 Å². The summed E-state index contributed by atoms with van der Waals surface area (Å²) in [5.41, 5.74) is 8.71.